The van der Waals surface area contributed by atoms with Gasteiger partial charge in [0.25, 0.3) is 0 Å². The maximum absolute atomic E-state index is 11.4. The topological polar surface area (TPSA) is 185 Å². The van der Waals surface area contributed by atoms with Crippen molar-refractivity contribution in [2.24, 2.45) is 0 Å². The summed E-state index contributed by atoms with van der Waals surface area (Å²) in [6.07, 6.45) is 0. The lowest BCUT2D eigenvalue weighted by Crippen LogP contribution is -2.48. The Labute approximate surface area is 281 Å². The van der Waals surface area contributed by atoms with Gasteiger partial charge in [0.05, 0.1) is 114 Å². The van der Waals surface area contributed by atoms with Crippen LogP contribution in [0.4, 0.5) is 11.4 Å². The number of piperazine rings is 1. The summed E-state index contributed by atoms with van der Waals surface area (Å²) < 4.78 is 54.1. The molecule has 1 fully saturated rings. The van der Waals surface area contributed by atoms with Gasteiger partial charge in [0.2, 0.25) is 0 Å². The first kappa shape index (κ1) is 41.4. The van der Waals surface area contributed by atoms with Gasteiger partial charge in [0.1, 0.15) is 13.2 Å². The first-order valence-electron chi connectivity index (χ1n) is 16.1. The Hall–Kier alpha value is -2.78. The molecular weight excluding hydrogens is 640 g/mol. The van der Waals surface area contributed by atoms with E-state index >= 15 is 0 Å². The van der Waals surface area contributed by atoms with Gasteiger partial charge in [0.15, 0.2) is 11.5 Å². The molecule has 276 valence electrons. The van der Waals surface area contributed by atoms with Crippen molar-refractivity contribution in [3.8, 4) is 11.5 Å². The average molecular weight is 693 g/mol. The second-order valence-electron chi connectivity index (χ2n) is 10.3. The summed E-state index contributed by atoms with van der Waals surface area (Å²) >= 11 is 0. The zero-order valence-corrected chi connectivity index (χ0v) is 28.2. The zero-order valence-electron chi connectivity index (χ0n) is 28.2. The third-order valence-corrected chi connectivity index (χ3v) is 6.95. The van der Waals surface area contributed by atoms with Crippen LogP contribution in [0.1, 0.15) is 0 Å². The van der Waals surface area contributed by atoms with E-state index in [2.05, 4.69) is 9.80 Å². The molecule has 48 heavy (non-hydrogen) atoms. The van der Waals surface area contributed by atoms with E-state index in [0.717, 1.165) is 51.4 Å². The van der Waals surface area contributed by atoms with Gasteiger partial charge < -0.3 is 47.4 Å². The molecule has 1 aliphatic heterocycles. The summed E-state index contributed by atoms with van der Waals surface area (Å²) in [5.74, 6) is -0.0183. The van der Waals surface area contributed by atoms with E-state index in [1.807, 2.05) is 0 Å². The van der Waals surface area contributed by atoms with Gasteiger partial charge in [-0.3, -0.25) is 30.0 Å². The molecule has 18 nitrogen and oxygen atoms in total. The van der Waals surface area contributed by atoms with E-state index in [-0.39, 0.29) is 37.9 Å². The molecule has 1 aromatic rings. The highest BCUT2D eigenvalue weighted by atomic mass is 16.6. The van der Waals surface area contributed by atoms with E-state index in [1.54, 1.807) is 14.2 Å². The molecule has 0 amide bonds. The molecule has 0 atom stereocenters. The number of nitro benzene ring substituents is 2. The highest BCUT2D eigenvalue weighted by Gasteiger charge is 2.28. The van der Waals surface area contributed by atoms with E-state index in [9.17, 15) is 20.2 Å². The molecule has 0 bridgehead atoms. The fourth-order valence-electron chi connectivity index (χ4n) is 4.35. The average Bonchev–Trinajstić information content (AvgIpc) is 3.08. The van der Waals surface area contributed by atoms with Crippen LogP contribution in [-0.4, -0.2) is 179 Å². The van der Waals surface area contributed by atoms with Crippen LogP contribution < -0.4 is 9.47 Å². The SMILES string of the molecule is COCCOCCOCCOc1cc([N+](=O)[O-])c([N+](=O)[O-])cc1OCCOCCOCCN1CCN(CCOCCOCCOC)CC1. The van der Waals surface area contributed by atoms with Crippen LogP contribution >= 0.6 is 0 Å². The molecule has 0 N–H and O–H groups in total. The van der Waals surface area contributed by atoms with Crippen molar-refractivity contribution in [3.63, 3.8) is 0 Å². The number of methoxy groups -OCH3 is 2. The van der Waals surface area contributed by atoms with Crippen molar-refractivity contribution < 1.29 is 57.2 Å². The first-order chi connectivity index (χ1) is 23.5. The third-order valence-electron chi connectivity index (χ3n) is 6.95. The largest absolute Gasteiger partial charge is 0.487 e. The number of benzene rings is 1. The van der Waals surface area contributed by atoms with Crippen LogP contribution in [0.15, 0.2) is 12.1 Å². The van der Waals surface area contributed by atoms with Crippen molar-refractivity contribution in [1.29, 1.82) is 0 Å². The second-order valence-corrected chi connectivity index (χ2v) is 10.3. The van der Waals surface area contributed by atoms with Crippen LogP contribution in [0.25, 0.3) is 0 Å². The van der Waals surface area contributed by atoms with Crippen LogP contribution in [0.2, 0.25) is 0 Å². The maximum atomic E-state index is 11.4. The van der Waals surface area contributed by atoms with Crippen LogP contribution in [0.5, 0.6) is 11.5 Å². The van der Waals surface area contributed by atoms with Gasteiger partial charge in [-0.05, 0) is 0 Å². The lowest BCUT2D eigenvalue weighted by atomic mass is 10.2. The zero-order chi connectivity index (χ0) is 34.7. The van der Waals surface area contributed by atoms with Crippen molar-refractivity contribution in [1.82, 2.24) is 9.80 Å². The Kier molecular flexibility index (Phi) is 23.4. The standard InChI is InChI=1S/C30H52N4O14/c1-39-11-13-43-17-15-41-9-7-31-3-5-32(6-4-31)8-10-42-16-18-45-21-23-47-29-25-27(33(35)36)28(34(37)38)26-30(29)48-24-22-46-20-19-44-14-12-40-2/h25-26H,3-24H2,1-2H3. The number of hydrogen-bond donors (Lipinski definition) is 0. The van der Waals surface area contributed by atoms with Crippen LogP contribution in [0.3, 0.4) is 0 Å². The minimum atomic E-state index is -0.840. The Morgan fingerprint density at radius 2 is 0.792 bits per heavy atom. The molecule has 0 unspecified atom stereocenters. The van der Waals surface area contributed by atoms with Gasteiger partial charge in [-0.15, -0.1) is 0 Å². The Morgan fingerprint density at radius 1 is 0.500 bits per heavy atom. The lowest BCUT2D eigenvalue weighted by Gasteiger charge is -2.34. The van der Waals surface area contributed by atoms with E-state index in [1.165, 1.54) is 0 Å². The molecule has 1 aliphatic rings. The molecule has 0 saturated carbocycles. The van der Waals surface area contributed by atoms with Crippen molar-refractivity contribution in [2.75, 3.05) is 159 Å². The van der Waals surface area contributed by atoms with Gasteiger partial charge in [0, 0.05) is 53.5 Å². The van der Waals surface area contributed by atoms with Gasteiger partial charge >= 0.3 is 11.4 Å². The normalized spacial score (nSPS) is 14.0. The maximum Gasteiger partial charge on any atom is 0.350 e. The van der Waals surface area contributed by atoms with E-state index in [0.29, 0.717) is 79.3 Å². The Morgan fingerprint density at radius 3 is 1.10 bits per heavy atom. The first-order valence-corrected chi connectivity index (χ1v) is 16.1. The van der Waals surface area contributed by atoms with Crippen LogP contribution in [0, 0.1) is 20.2 Å². The predicted octanol–water partition coefficient (Wildman–Crippen LogP) is 1.27. The summed E-state index contributed by atoms with van der Waals surface area (Å²) in [4.78, 5) is 25.9. The fraction of sp³-hybridized carbons (Fsp3) is 0.800. The molecule has 18 heteroatoms. The quantitative estimate of drug-likeness (QED) is 0.0615. The monoisotopic (exact) mass is 692 g/mol. The molecule has 0 aromatic heterocycles. The highest BCUT2D eigenvalue weighted by molar-refractivity contribution is 5.62. The number of ether oxygens (including phenoxy) is 10. The summed E-state index contributed by atoms with van der Waals surface area (Å²) in [5.41, 5.74) is -1.40. The lowest BCUT2D eigenvalue weighted by molar-refractivity contribution is -0.422. The van der Waals surface area contributed by atoms with Crippen molar-refractivity contribution >= 4 is 11.4 Å². The molecule has 0 radical (unpaired) electrons. The molecular formula is C30H52N4O14. The third kappa shape index (κ3) is 18.7. The smallest absolute Gasteiger partial charge is 0.350 e. The minimum Gasteiger partial charge on any atom is -0.487 e. The summed E-state index contributed by atoms with van der Waals surface area (Å²) in [6, 6.07) is 1.96. The fourth-order valence-corrected chi connectivity index (χ4v) is 4.35. The van der Waals surface area contributed by atoms with Crippen LogP contribution in [-0.2, 0) is 37.9 Å². The van der Waals surface area contributed by atoms with E-state index < -0.39 is 21.2 Å². The number of nitrogens with zero attached hydrogens (tertiary/aromatic N) is 4. The van der Waals surface area contributed by atoms with Gasteiger partial charge in [-0.1, -0.05) is 0 Å². The van der Waals surface area contributed by atoms with Crippen molar-refractivity contribution in [3.05, 3.63) is 32.4 Å². The second kappa shape index (κ2) is 27.1. The summed E-state index contributed by atoms with van der Waals surface area (Å²) in [6.45, 7) is 12.0. The summed E-state index contributed by atoms with van der Waals surface area (Å²) in [5, 5.41) is 22.9. The Bertz CT molecular complexity index is 1000. The molecule has 2 rings (SSSR count). The number of rotatable bonds is 31. The van der Waals surface area contributed by atoms with Gasteiger partial charge in [-0.25, -0.2) is 0 Å². The molecule has 1 saturated heterocycles. The molecule has 1 aromatic carbocycles. The predicted molar refractivity (Wildman–Crippen MR) is 172 cm³/mol. The molecule has 0 aliphatic carbocycles. The van der Waals surface area contributed by atoms with Crippen molar-refractivity contribution in [2.45, 2.75) is 0 Å². The Balaban J connectivity index is 1.58. The number of hydrogen-bond acceptors (Lipinski definition) is 16. The number of nitro groups is 2. The molecule has 0 spiro atoms. The highest BCUT2D eigenvalue weighted by Crippen LogP contribution is 2.39. The van der Waals surface area contributed by atoms with Gasteiger partial charge in [-0.2, -0.15) is 0 Å². The van der Waals surface area contributed by atoms with E-state index in [4.69, 9.17) is 47.4 Å². The molecule has 1 heterocycles. The summed E-state index contributed by atoms with van der Waals surface area (Å²) in [7, 11) is 3.23. The minimum absolute atomic E-state index is 0.00834.